The average Bonchev–Trinajstić information content (AvgIpc) is 2.48. The van der Waals surface area contributed by atoms with E-state index in [-0.39, 0.29) is 0 Å². The van der Waals surface area contributed by atoms with Gasteiger partial charge < -0.3 is 9.47 Å². The van der Waals surface area contributed by atoms with Gasteiger partial charge in [-0.05, 0) is 11.6 Å². The van der Waals surface area contributed by atoms with Crippen LogP contribution >= 0.6 is 0 Å². The van der Waals surface area contributed by atoms with Crippen molar-refractivity contribution in [1.82, 2.24) is 4.98 Å². The summed E-state index contributed by atoms with van der Waals surface area (Å²) in [4.78, 5) is 3.87. The Morgan fingerprint density at radius 1 is 1.11 bits per heavy atom. The third-order valence-corrected chi connectivity index (χ3v) is 2.50. The van der Waals surface area contributed by atoms with Crippen molar-refractivity contribution in [3.8, 4) is 11.8 Å². The summed E-state index contributed by atoms with van der Waals surface area (Å²) in [5, 5.41) is 8.87. The summed E-state index contributed by atoms with van der Waals surface area (Å²) in [5.74, 6) is 0.542. The van der Waals surface area contributed by atoms with E-state index >= 15 is 0 Å². The Morgan fingerprint density at radius 3 is 2.74 bits per heavy atom. The van der Waals surface area contributed by atoms with Gasteiger partial charge in [-0.2, -0.15) is 5.26 Å². The van der Waals surface area contributed by atoms with Crippen LogP contribution in [0.25, 0.3) is 0 Å². The van der Waals surface area contributed by atoms with Crippen LogP contribution in [0.2, 0.25) is 0 Å². The summed E-state index contributed by atoms with van der Waals surface area (Å²) in [6.45, 7) is 1.44. The maximum atomic E-state index is 8.87. The Morgan fingerprint density at radius 2 is 1.95 bits per heavy atom. The highest BCUT2D eigenvalue weighted by Crippen LogP contribution is 2.14. The van der Waals surface area contributed by atoms with Crippen LogP contribution in [0.3, 0.4) is 0 Å². The summed E-state index contributed by atoms with van der Waals surface area (Å²) in [6.07, 6.45) is 3.08. The SMILES string of the molecule is N#Cc1cnccc1OCCOCc1ccccc1. The van der Waals surface area contributed by atoms with E-state index < -0.39 is 0 Å². The van der Waals surface area contributed by atoms with Gasteiger partial charge in [0.1, 0.15) is 24.0 Å². The van der Waals surface area contributed by atoms with Crippen LogP contribution < -0.4 is 4.74 Å². The van der Waals surface area contributed by atoms with Crippen LogP contribution in [0.1, 0.15) is 11.1 Å². The summed E-state index contributed by atoms with van der Waals surface area (Å²) in [5.41, 5.74) is 1.56. The Labute approximate surface area is 112 Å². The van der Waals surface area contributed by atoms with Crippen molar-refractivity contribution in [2.75, 3.05) is 13.2 Å². The van der Waals surface area contributed by atoms with Gasteiger partial charge in [0.15, 0.2) is 0 Å². The molecule has 1 heterocycles. The molecule has 0 unspecified atom stereocenters. The molecular weight excluding hydrogens is 240 g/mol. The van der Waals surface area contributed by atoms with Crippen molar-refractivity contribution in [2.24, 2.45) is 0 Å². The van der Waals surface area contributed by atoms with Gasteiger partial charge in [0.05, 0.1) is 13.2 Å². The van der Waals surface area contributed by atoms with E-state index in [0.717, 1.165) is 5.56 Å². The van der Waals surface area contributed by atoms with E-state index in [1.54, 1.807) is 12.3 Å². The largest absolute Gasteiger partial charge is 0.490 e. The predicted molar refractivity (Wildman–Crippen MR) is 70.5 cm³/mol. The Bertz CT molecular complexity index is 550. The summed E-state index contributed by atoms with van der Waals surface area (Å²) >= 11 is 0. The normalized spacial score (nSPS) is 9.84. The van der Waals surface area contributed by atoms with E-state index in [9.17, 15) is 0 Å². The molecule has 0 radical (unpaired) electrons. The molecule has 2 rings (SSSR count). The average molecular weight is 254 g/mol. The molecule has 0 amide bonds. The molecule has 1 aromatic carbocycles. The van der Waals surface area contributed by atoms with Gasteiger partial charge in [-0.3, -0.25) is 4.98 Å². The van der Waals surface area contributed by atoms with Gasteiger partial charge in [0.2, 0.25) is 0 Å². The number of aromatic nitrogens is 1. The Kier molecular flexibility index (Phi) is 4.91. The molecule has 0 aliphatic carbocycles. The second kappa shape index (κ2) is 7.14. The zero-order chi connectivity index (χ0) is 13.3. The molecule has 2 aromatic rings. The maximum Gasteiger partial charge on any atom is 0.140 e. The van der Waals surface area contributed by atoms with Gasteiger partial charge >= 0.3 is 0 Å². The molecular formula is C15H14N2O2. The molecule has 0 fully saturated rings. The second-order valence-corrected chi connectivity index (χ2v) is 3.87. The van der Waals surface area contributed by atoms with Crippen molar-refractivity contribution < 1.29 is 9.47 Å². The molecule has 0 aliphatic rings. The lowest BCUT2D eigenvalue weighted by molar-refractivity contribution is 0.0888. The zero-order valence-corrected chi connectivity index (χ0v) is 10.5. The topological polar surface area (TPSA) is 55.1 Å². The molecule has 0 aliphatic heterocycles. The fraction of sp³-hybridized carbons (Fsp3) is 0.200. The molecule has 0 atom stereocenters. The Balaban J connectivity index is 1.71. The molecule has 19 heavy (non-hydrogen) atoms. The van der Waals surface area contributed by atoms with Crippen molar-refractivity contribution in [1.29, 1.82) is 5.26 Å². The number of nitriles is 1. The lowest BCUT2D eigenvalue weighted by atomic mass is 10.2. The summed E-state index contributed by atoms with van der Waals surface area (Å²) in [6, 6.07) is 13.7. The monoisotopic (exact) mass is 254 g/mol. The molecule has 4 nitrogen and oxygen atoms in total. The molecule has 4 heteroatoms. The van der Waals surface area contributed by atoms with Crippen LogP contribution in [-0.2, 0) is 11.3 Å². The van der Waals surface area contributed by atoms with Crippen LogP contribution in [0.15, 0.2) is 48.8 Å². The first-order valence-corrected chi connectivity index (χ1v) is 5.99. The van der Waals surface area contributed by atoms with E-state index in [1.165, 1.54) is 6.20 Å². The predicted octanol–water partition coefficient (Wildman–Crippen LogP) is 2.55. The third-order valence-electron chi connectivity index (χ3n) is 2.50. The van der Waals surface area contributed by atoms with Crippen molar-refractivity contribution in [2.45, 2.75) is 6.61 Å². The fourth-order valence-electron chi connectivity index (χ4n) is 1.57. The number of ether oxygens (including phenoxy) is 2. The lowest BCUT2D eigenvalue weighted by Crippen LogP contribution is -2.07. The molecule has 0 bridgehead atoms. The van der Waals surface area contributed by atoms with Gasteiger partial charge in [-0.25, -0.2) is 0 Å². The van der Waals surface area contributed by atoms with E-state index in [2.05, 4.69) is 4.98 Å². The minimum atomic E-state index is 0.408. The molecule has 0 N–H and O–H groups in total. The highest BCUT2D eigenvalue weighted by molar-refractivity contribution is 5.39. The number of hydrogen-bond donors (Lipinski definition) is 0. The first kappa shape index (κ1) is 13.1. The number of pyridine rings is 1. The minimum absolute atomic E-state index is 0.408. The minimum Gasteiger partial charge on any atom is -0.490 e. The number of hydrogen-bond acceptors (Lipinski definition) is 4. The fourth-order valence-corrected chi connectivity index (χ4v) is 1.57. The number of nitrogens with zero attached hydrogens (tertiary/aromatic N) is 2. The summed E-state index contributed by atoms with van der Waals surface area (Å²) < 4.78 is 11.0. The van der Waals surface area contributed by atoms with Gasteiger partial charge in [-0.15, -0.1) is 0 Å². The molecule has 0 saturated heterocycles. The maximum absolute atomic E-state index is 8.87. The first-order valence-electron chi connectivity index (χ1n) is 5.99. The van der Waals surface area contributed by atoms with Crippen molar-refractivity contribution >= 4 is 0 Å². The number of rotatable bonds is 6. The Hall–Kier alpha value is -2.38. The summed E-state index contributed by atoms with van der Waals surface area (Å²) in [7, 11) is 0. The molecule has 0 saturated carbocycles. The lowest BCUT2D eigenvalue weighted by Gasteiger charge is -2.08. The third kappa shape index (κ3) is 4.09. The van der Waals surface area contributed by atoms with Gasteiger partial charge in [0.25, 0.3) is 0 Å². The van der Waals surface area contributed by atoms with Crippen molar-refractivity contribution in [3.63, 3.8) is 0 Å². The van der Waals surface area contributed by atoms with Crippen molar-refractivity contribution in [3.05, 3.63) is 59.9 Å². The highest BCUT2D eigenvalue weighted by Gasteiger charge is 2.01. The van der Waals surface area contributed by atoms with Gasteiger partial charge in [-0.1, -0.05) is 30.3 Å². The van der Waals surface area contributed by atoms with E-state index in [1.807, 2.05) is 36.4 Å². The number of benzene rings is 1. The highest BCUT2D eigenvalue weighted by atomic mass is 16.5. The van der Waals surface area contributed by atoms with Gasteiger partial charge in [0, 0.05) is 12.4 Å². The van der Waals surface area contributed by atoms with Crippen LogP contribution in [0.4, 0.5) is 0 Å². The smallest absolute Gasteiger partial charge is 0.140 e. The van der Waals surface area contributed by atoms with E-state index in [4.69, 9.17) is 14.7 Å². The van der Waals surface area contributed by atoms with Crippen LogP contribution in [0, 0.1) is 11.3 Å². The first-order chi connectivity index (χ1) is 9.40. The standard InChI is InChI=1S/C15H14N2O2/c16-10-14-11-17-7-6-15(14)19-9-8-18-12-13-4-2-1-3-5-13/h1-7,11H,8-9,12H2. The van der Waals surface area contributed by atoms with Crippen LogP contribution in [0.5, 0.6) is 5.75 Å². The second-order valence-electron chi connectivity index (χ2n) is 3.87. The molecule has 0 spiro atoms. The van der Waals surface area contributed by atoms with Crippen LogP contribution in [-0.4, -0.2) is 18.2 Å². The molecule has 1 aromatic heterocycles. The molecule has 96 valence electrons. The van der Waals surface area contributed by atoms with E-state index in [0.29, 0.717) is 31.1 Å². The zero-order valence-electron chi connectivity index (χ0n) is 10.5. The quantitative estimate of drug-likeness (QED) is 0.743.